The van der Waals surface area contributed by atoms with Crippen molar-refractivity contribution >= 4 is 39.3 Å². The van der Waals surface area contributed by atoms with E-state index in [1.165, 1.54) is 7.11 Å². The number of aliphatic hydroxyl groups is 1. The third-order valence-corrected chi connectivity index (χ3v) is 8.59. The minimum absolute atomic E-state index is 0.0176. The van der Waals surface area contributed by atoms with Gasteiger partial charge in [0.2, 0.25) is 5.95 Å². The zero-order valence-electron chi connectivity index (χ0n) is 23.4. The van der Waals surface area contributed by atoms with E-state index in [1.807, 2.05) is 51.1 Å². The molecule has 2 aromatic carbocycles. The molecule has 6 rings (SSSR count). The summed E-state index contributed by atoms with van der Waals surface area (Å²) in [5.41, 5.74) is 3.88. The lowest BCUT2D eigenvalue weighted by molar-refractivity contribution is -0.158. The first kappa shape index (κ1) is 27.5. The van der Waals surface area contributed by atoms with Crippen LogP contribution in [-0.2, 0) is 20.8 Å². The van der Waals surface area contributed by atoms with E-state index in [1.54, 1.807) is 23.5 Å². The van der Waals surface area contributed by atoms with Crippen molar-refractivity contribution in [1.82, 2.24) is 15.0 Å². The monoisotopic (exact) mass is 575 g/mol. The number of hydrogen-bond acceptors (Lipinski definition) is 11. The van der Waals surface area contributed by atoms with Crippen LogP contribution in [0.2, 0.25) is 0 Å². The summed E-state index contributed by atoms with van der Waals surface area (Å²) in [5, 5.41) is 17.8. The van der Waals surface area contributed by atoms with E-state index in [0.717, 1.165) is 32.0 Å². The Morgan fingerprint density at radius 3 is 2.71 bits per heavy atom. The molecule has 214 valence electrons. The molecule has 0 spiro atoms. The number of nitrogens with one attached hydrogen (secondary N) is 2. The maximum Gasteiger partial charge on any atom is 0.337 e. The maximum absolute atomic E-state index is 12.0. The molecular weight excluding hydrogens is 542 g/mol. The Morgan fingerprint density at radius 1 is 1.12 bits per heavy atom. The Hall–Kier alpha value is -3.64. The Labute approximate surface area is 242 Å². The number of esters is 1. The average Bonchev–Trinajstić information content (AvgIpc) is 3.62. The van der Waals surface area contributed by atoms with Gasteiger partial charge < -0.3 is 30.0 Å². The van der Waals surface area contributed by atoms with E-state index in [-0.39, 0.29) is 36.7 Å². The van der Waals surface area contributed by atoms with Crippen molar-refractivity contribution in [2.75, 3.05) is 24.4 Å². The number of carbonyl (C=O) groups is 1. The molecule has 1 saturated carbocycles. The first-order valence-corrected chi connectivity index (χ1v) is 14.4. The van der Waals surface area contributed by atoms with Gasteiger partial charge in [-0.3, -0.25) is 0 Å². The van der Waals surface area contributed by atoms with Crippen LogP contribution in [0.3, 0.4) is 0 Å². The van der Waals surface area contributed by atoms with Crippen LogP contribution in [0.15, 0.2) is 48.5 Å². The van der Waals surface area contributed by atoms with Crippen molar-refractivity contribution in [3.05, 3.63) is 65.4 Å². The minimum atomic E-state index is -0.730. The number of hydrogen-bond donors (Lipinski definition) is 3. The third kappa shape index (κ3) is 5.50. The number of aromatic nitrogens is 3. The summed E-state index contributed by atoms with van der Waals surface area (Å²) in [7, 11) is 1.37. The number of carbonyl (C=O) groups excluding carboxylic acids is 1. The number of para-hydroxylation sites is 1. The van der Waals surface area contributed by atoms with Crippen molar-refractivity contribution < 1.29 is 24.1 Å². The summed E-state index contributed by atoms with van der Waals surface area (Å²) in [6.07, 6.45) is 0.229. The lowest BCUT2D eigenvalue weighted by Gasteiger charge is -2.25. The number of fused-ring (bicyclic) bond motifs is 2. The van der Waals surface area contributed by atoms with Gasteiger partial charge in [-0.25, -0.2) is 14.8 Å². The molecule has 1 saturated heterocycles. The van der Waals surface area contributed by atoms with Crippen LogP contribution in [0, 0.1) is 12.8 Å². The molecule has 2 aliphatic rings. The SMILES string of the molecule is COC(=O)c1cccc(CNc2nc(C)c(-c3nc4ccccc4s3)c(N[C@@H]3C[C@H](CO)C4OC(C)(C)OC43)n2)c1. The van der Waals surface area contributed by atoms with Gasteiger partial charge in [-0.2, -0.15) is 4.98 Å². The lowest BCUT2D eigenvalue weighted by Crippen LogP contribution is -2.35. The van der Waals surface area contributed by atoms with Crippen molar-refractivity contribution in [3.63, 3.8) is 0 Å². The van der Waals surface area contributed by atoms with Crippen LogP contribution in [-0.4, -0.2) is 63.8 Å². The van der Waals surface area contributed by atoms with Gasteiger partial charge in [-0.1, -0.05) is 24.3 Å². The number of anilines is 2. The Bertz CT molecular complexity index is 1560. The highest BCUT2D eigenvalue weighted by Gasteiger charge is 2.54. The Morgan fingerprint density at radius 2 is 1.93 bits per heavy atom. The Balaban J connectivity index is 1.34. The molecule has 0 radical (unpaired) electrons. The summed E-state index contributed by atoms with van der Waals surface area (Å²) in [4.78, 5) is 26.6. The van der Waals surface area contributed by atoms with E-state index in [9.17, 15) is 9.90 Å². The van der Waals surface area contributed by atoms with Crippen molar-refractivity contribution in [3.8, 4) is 10.6 Å². The van der Waals surface area contributed by atoms with E-state index < -0.39 is 5.79 Å². The van der Waals surface area contributed by atoms with Gasteiger partial charge in [0.25, 0.3) is 0 Å². The third-order valence-electron chi connectivity index (χ3n) is 7.53. The topological polar surface area (TPSA) is 128 Å². The van der Waals surface area contributed by atoms with E-state index in [2.05, 4.69) is 16.7 Å². The second kappa shape index (κ2) is 11.0. The van der Waals surface area contributed by atoms with Crippen molar-refractivity contribution in [2.24, 2.45) is 5.92 Å². The predicted molar refractivity (Wildman–Crippen MR) is 157 cm³/mol. The number of rotatable bonds is 8. The molecule has 11 heteroatoms. The fourth-order valence-electron chi connectivity index (χ4n) is 5.68. The van der Waals surface area contributed by atoms with E-state index in [4.69, 9.17) is 29.2 Å². The standard InChI is InChI=1S/C30H33N5O5S/c1-16-23(27-34-20-10-5-6-11-22(20)41-27)26(33-21-13-19(15-36)24-25(21)40-30(2,3)39-24)35-29(32-16)31-14-17-8-7-9-18(12-17)28(37)38-4/h5-12,19,21,24-25,36H,13-15H2,1-4H3,(H2,31,32,33,35)/t19-,21-,24?,25?/m1/s1. The van der Waals surface area contributed by atoms with Gasteiger partial charge in [0.05, 0.1) is 46.3 Å². The number of nitrogens with zero attached hydrogens (tertiary/aromatic N) is 3. The first-order chi connectivity index (χ1) is 19.7. The summed E-state index contributed by atoms with van der Waals surface area (Å²) < 4.78 is 18.4. The van der Waals surface area contributed by atoms with Gasteiger partial charge in [0.1, 0.15) is 16.9 Å². The van der Waals surface area contributed by atoms with Gasteiger partial charge in [0.15, 0.2) is 5.79 Å². The largest absolute Gasteiger partial charge is 0.465 e. The zero-order chi connectivity index (χ0) is 28.7. The van der Waals surface area contributed by atoms with E-state index >= 15 is 0 Å². The summed E-state index contributed by atoms with van der Waals surface area (Å²) in [6.45, 7) is 6.17. The number of ether oxygens (including phenoxy) is 3. The predicted octanol–water partition coefficient (Wildman–Crippen LogP) is 4.77. The number of thiazole rings is 1. The molecule has 3 N–H and O–H groups in total. The second-order valence-corrected chi connectivity index (χ2v) is 11.9. The number of methoxy groups -OCH3 is 1. The summed E-state index contributed by atoms with van der Waals surface area (Å²) in [5.74, 6) is -0.0873. The molecule has 0 amide bonds. The second-order valence-electron chi connectivity index (χ2n) is 10.9. The molecule has 1 aliphatic carbocycles. The molecule has 0 bridgehead atoms. The minimum Gasteiger partial charge on any atom is -0.465 e. The van der Waals surface area contributed by atoms with Crippen molar-refractivity contribution in [1.29, 1.82) is 0 Å². The van der Waals surface area contributed by atoms with Crippen molar-refractivity contribution in [2.45, 2.75) is 57.8 Å². The van der Waals surface area contributed by atoms with Crippen LogP contribution in [0.1, 0.15) is 41.9 Å². The fourth-order valence-corrected chi connectivity index (χ4v) is 6.74. The van der Waals surface area contributed by atoms with Crippen LogP contribution >= 0.6 is 11.3 Å². The average molecular weight is 576 g/mol. The highest BCUT2D eigenvalue weighted by Crippen LogP contribution is 2.44. The van der Waals surface area contributed by atoms with Crippen LogP contribution in [0.4, 0.5) is 11.8 Å². The van der Waals surface area contributed by atoms with Gasteiger partial charge in [-0.05, 0) is 57.0 Å². The molecule has 2 fully saturated rings. The molecule has 2 aromatic heterocycles. The van der Waals surface area contributed by atoms with Crippen LogP contribution < -0.4 is 10.6 Å². The molecule has 41 heavy (non-hydrogen) atoms. The molecule has 3 heterocycles. The molecule has 1 aliphatic heterocycles. The molecule has 4 aromatic rings. The number of benzene rings is 2. The summed E-state index contributed by atoms with van der Waals surface area (Å²) >= 11 is 1.59. The van der Waals surface area contributed by atoms with Crippen LogP contribution in [0.5, 0.6) is 0 Å². The van der Waals surface area contributed by atoms with Gasteiger partial charge in [-0.15, -0.1) is 11.3 Å². The molecule has 2 unspecified atom stereocenters. The number of aryl methyl sites for hydroxylation is 1. The van der Waals surface area contributed by atoms with Gasteiger partial charge in [0, 0.05) is 19.1 Å². The van der Waals surface area contributed by atoms with E-state index in [0.29, 0.717) is 30.3 Å². The quantitative estimate of drug-likeness (QED) is 0.253. The summed E-state index contributed by atoms with van der Waals surface area (Å²) in [6, 6.07) is 15.1. The number of aliphatic hydroxyl groups excluding tert-OH is 1. The van der Waals surface area contributed by atoms with Crippen LogP contribution in [0.25, 0.3) is 20.8 Å². The molecular formula is C30H33N5O5S. The first-order valence-electron chi connectivity index (χ1n) is 13.6. The maximum atomic E-state index is 12.0. The Kier molecular flexibility index (Phi) is 7.37. The smallest absolute Gasteiger partial charge is 0.337 e. The van der Waals surface area contributed by atoms with Gasteiger partial charge >= 0.3 is 5.97 Å². The normalized spacial score (nSPS) is 23.0. The lowest BCUT2D eigenvalue weighted by atomic mass is 10.1. The zero-order valence-corrected chi connectivity index (χ0v) is 24.2. The highest BCUT2D eigenvalue weighted by molar-refractivity contribution is 7.21. The molecule has 4 atom stereocenters. The fraction of sp³-hybridized carbons (Fsp3) is 0.400. The molecule has 10 nitrogen and oxygen atoms in total. The highest BCUT2D eigenvalue weighted by atomic mass is 32.1.